The number of amides is 3. The molecule has 0 aliphatic heterocycles. The van der Waals surface area contributed by atoms with Crippen molar-refractivity contribution in [1.29, 1.82) is 0 Å². The average molecular weight is 426 g/mol. The van der Waals surface area contributed by atoms with E-state index in [0.29, 0.717) is 29.4 Å². The van der Waals surface area contributed by atoms with Gasteiger partial charge in [0.15, 0.2) is 6.61 Å². The highest BCUT2D eigenvalue weighted by atomic mass is 32.1. The van der Waals surface area contributed by atoms with E-state index in [9.17, 15) is 14.4 Å². The molecular formula is C22H23N3O4S. The zero-order valence-corrected chi connectivity index (χ0v) is 17.6. The number of imide groups is 1. The van der Waals surface area contributed by atoms with Crippen molar-refractivity contribution >= 4 is 40.1 Å². The van der Waals surface area contributed by atoms with Crippen molar-refractivity contribution < 1.29 is 19.1 Å². The molecule has 3 rings (SSSR count). The van der Waals surface area contributed by atoms with Gasteiger partial charge in [0.05, 0.1) is 11.1 Å². The summed E-state index contributed by atoms with van der Waals surface area (Å²) in [7, 11) is 0. The van der Waals surface area contributed by atoms with Gasteiger partial charge in [0.2, 0.25) is 0 Å². The number of thiophene rings is 1. The maximum Gasteiger partial charge on any atom is 0.339 e. The van der Waals surface area contributed by atoms with Gasteiger partial charge in [-0.25, -0.2) is 9.59 Å². The molecule has 2 aromatic heterocycles. The highest BCUT2D eigenvalue weighted by molar-refractivity contribution is 7.09. The Morgan fingerprint density at radius 3 is 2.67 bits per heavy atom. The first-order chi connectivity index (χ1) is 14.4. The number of nitrogens with one attached hydrogen (secondary N) is 2. The van der Waals surface area contributed by atoms with E-state index in [4.69, 9.17) is 4.74 Å². The first-order valence-corrected chi connectivity index (χ1v) is 10.5. The number of carbonyl (C=O) groups excluding carboxylic acids is 3. The van der Waals surface area contributed by atoms with E-state index >= 15 is 0 Å². The molecule has 0 fully saturated rings. The van der Waals surface area contributed by atoms with Crippen LogP contribution in [0.5, 0.6) is 0 Å². The van der Waals surface area contributed by atoms with Crippen LogP contribution in [-0.4, -0.2) is 36.0 Å². The molecule has 0 saturated carbocycles. The molecule has 0 radical (unpaired) electrons. The average Bonchev–Trinajstić information content (AvgIpc) is 3.24. The summed E-state index contributed by atoms with van der Waals surface area (Å²) < 4.78 is 5.14. The normalized spacial score (nSPS) is 10.8. The fourth-order valence-electron chi connectivity index (χ4n) is 2.83. The predicted molar refractivity (Wildman–Crippen MR) is 116 cm³/mol. The summed E-state index contributed by atoms with van der Waals surface area (Å²) >= 11 is 1.60. The molecule has 2 heterocycles. The summed E-state index contributed by atoms with van der Waals surface area (Å²) in [6, 6.07) is 12.2. The zero-order chi connectivity index (χ0) is 21.5. The SMILES string of the molecule is CC(C)c1cc(C(=O)OCC(=O)NC(=O)NCCc2cccs2)c2ccccc2n1. The second-order valence-electron chi connectivity index (χ2n) is 6.98. The zero-order valence-electron chi connectivity index (χ0n) is 16.8. The van der Waals surface area contributed by atoms with Crippen LogP contribution >= 0.6 is 11.3 Å². The Kier molecular flexibility index (Phi) is 7.13. The van der Waals surface area contributed by atoms with Crippen LogP contribution in [0.4, 0.5) is 4.79 Å². The van der Waals surface area contributed by atoms with Crippen molar-refractivity contribution in [1.82, 2.24) is 15.6 Å². The fourth-order valence-corrected chi connectivity index (χ4v) is 3.54. The Labute approximate surface area is 178 Å². The van der Waals surface area contributed by atoms with Crippen molar-refractivity contribution in [3.05, 3.63) is 64.0 Å². The molecule has 0 spiro atoms. The van der Waals surface area contributed by atoms with Gasteiger partial charge in [-0.3, -0.25) is 15.1 Å². The van der Waals surface area contributed by atoms with Crippen molar-refractivity contribution in [2.45, 2.75) is 26.2 Å². The van der Waals surface area contributed by atoms with Crippen LogP contribution in [-0.2, 0) is 16.0 Å². The molecule has 0 aliphatic rings. The van der Waals surface area contributed by atoms with Gasteiger partial charge in [0, 0.05) is 22.5 Å². The number of rotatable bonds is 7. The topological polar surface area (TPSA) is 97.4 Å². The van der Waals surface area contributed by atoms with Crippen LogP contribution in [0.1, 0.15) is 40.7 Å². The molecule has 156 valence electrons. The minimum atomic E-state index is -0.695. The smallest absolute Gasteiger partial charge is 0.339 e. The van der Waals surface area contributed by atoms with Crippen LogP contribution in [0.25, 0.3) is 10.9 Å². The summed E-state index contributed by atoms with van der Waals surface area (Å²) in [5, 5.41) is 7.37. The molecule has 0 aliphatic carbocycles. The standard InChI is InChI=1S/C22H23N3O4S/c1-14(2)19-12-17(16-7-3-4-8-18(16)24-19)21(27)29-13-20(26)25-22(28)23-10-9-15-6-5-11-30-15/h3-8,11-12,14H,9-10,13H2,1-2H3,(H2,23,25,26,28). The minimum absolute atomic E-state index is 0.127. The Hall–Kier alpha value is -3.26. The Bertz CT molecular complexity index is 1050. The monoisotopic (exact) mass is 425 g/mol. The van der Waals surface area contributed by atoms with Crippen LogP contribution in [0, 0.1) is 0 Å². The first-order valence-electron chi connectivity index (χ1n) is 9.61. The largest absolute Gasteiger partial charge is 0.452 e. The molecule has 8 heteroatoms. The van der Waals surface area contributed by atoms with Crippen molar-refractivity contribution in [3.63, 3.8) is 0 Å². The molecule has 3 aromatic rings. The summed E-state index contributed by atoms with van der Waals surface area (Å²) in [5.41, 5.74) is 1.79. The Balaban J connectivity index is 1.54. The van der Waals surface area contributed by atoms with E-state index in [1.54, 1.807) is 23.5 Å². The molecule has 0 unspecified atom stereocenters. The lowest BCUT2D eigenvalue weighted by Gasteiger charge is -2.11. The van der Waals surface area contributed by atoms with Gasteiger partial charge in [-0.2, -0.15) is 0 Å². The molecule has 1 aromatic carbocycles. The molecule has 2 N–H and O–H groups in total. The molecule has 3 amide bonds. The number of hydrogen-bond donors (Lipinski definition) is 2. The number of para-hydroxylation sites is 1. The molecular weight excluding hydrogens is 402 g/mol. The summed E-state index contributed by atoms with van der Waals surface area (Å²) in [6.45, 7) is 3.82. The number of ether oxygens (including phenoxy) is 1. The lowest BCUT2D eigenvalue weighted by Crippen LogP contribution is -2.42. The van der Waals surface area contributed by atoms with Crippen LogP contribution < -0.4 is 10.6 Å². The summed E-state index contributed by atoms with van der Waals surface area (Å²) in [5.74, 6) is -1.20. The van der Waals surface area contributed by atoms with Gasteiger partial charge >= 0.3 is 12.0 Å². The quantitative estimate of drug-likeness (QED) is 0.563. The third-order valence-electron chi connectivity index (χ3n) is 4.37. The van der Waals surface area contributed by atoms with Gasteiger partial charge in [-0.1, -0.05) is 38.1 Å². The van der Waals surface area contributed by atoms with E-state index in [-0.39, 0.29) is 5.92 Å². The highest BCUT2D eigenvalue weighted by Gasteiger charge is 2.17. The second kappa shape index (κ2) is 9.98. The fraction of sp³-hybridized carbons (Fsp3) is 0.273. The number of benzene rings is 1. The van der Waals surface area contributed by atoms with Gasteiger partial charge in [0.25, 0.3) is 5.91 Å². The van der Waals surface area contributed by atoms with E-state index in [1.165, 1.54) is 0 Å². The maximum absolute atomic E-state index is 12.6. The maximum atomic E-state index is 12.6. The van der Waals surface area contributed by atoms with Gasteiger partial charge in [0.1, 0.15) is 0 Å². The molecule has 7 nitrogen and oxygen atoms in total. The van der Waals surface area contributed by atoms with E-state index in [2.05, 4.69) is 15.6 Å². The molecule has 30 heavy (non-hydrogen) atoms. The van der Waals surface area contributed by atoms with Crippen molar-refractivity contribution in [3.8, 4) is 0 Å². The highest BCUT2D eigenvalue weighted by Crippen LogP contribution is 2.23. The number of pyridine rings is 1. The number of carbonyl (C=O) groups is 3. The van der Waals surface area contributed by atoms with Crippen LogP contribution in [0.15, 0.2) is 47.8 Å². The number of esters is 1. The van der Waals surface area contributed by atoms with Gasteiger partial charge in [-0.15, -0.1) is 11.3 Å². The van der Waals surface area contributed by atoms with Crippen molar-refractivity contribution in [2.75, 3.05) is 13.2 Å². The number of nitrogens with zero attached hydrogens (tertiary/aromatic N) is 1. The number of hydrogen-bond acceptors (Lipinski definition) is 6. The van der Waals surface area contributed by atoms with Gasteiger partial charge < -0.3 is 10.1 Å². The van der Waals surface area contributed by atoms with E-state index in [1.807, 2.05) is 49.6 Å². The van der Waals surface area contributed by atoms with Crippen LogP contribution in [0.2, 0.25) is 0 Å². The minimum Gasteiger partial charge on any atom is -0.452 e. The summed E-state index contributed by atoms with van der Waals surface area (Å²) in [4.78, 5) is 42.1. The molecule has 0 saturated heterocycles. The third-order valence-corrected chi connectivity index (χ3v) is 5.31. The predicted octanol–water partition coefficient (Wildman–Crippen LogP) is 3.65. The van der Waals surface area contributed by atoms with E-state index < -0.39 is 24.5 Å². The lowest BCUT2D eigenvalue weighted by atomic mass is 10.0. The second-order valence-corrected chi connectivity index (χ2v) is 8.01. The Morgan fingerprint density at radius 1 is 1.13 bits per heavy atom. The van der Waals surface area contributed by atoms with Crippen molar-refractivity contribution in [2.24, 2.45) is 0 Å². The number of aromatic nitrogens is 1. The number of urea groups is 1. The van der Waals surface area contributed by atoms with Crippen LogP contribution in [0.3, 0.4) is 0 Å². The molecule has 0 atom stereocenters. The van der Waals surface area contributed by atoms with Gasteiger partial charge in [-0.05, 0) is 35.9 Å². The molecule has 0 bridgehead atoms. The lowest BCUT2D eigenvalue weighted by molar-refractivity contribution is -0.123. The Morgan fingerprint density at radius 2 is 1.93 bits per heavy atom. The summed E-state index contributed by atoms with van der Waals surface area (Å²) in [6.07, 6.45) is 0.682. The first kappa shape index (κ1) is 21.4. The van der Waals surface area contributed by atoms with E-state index in [0.717, 1.165) is 10.6 Å². The number of fused-ring (bicyclic) bond motifs is 1. The third kappa shape index (κ3) is 5.64.